The summed E-state index contributed by atoms with van der Waals surface area (Å²) in [5.74, 6) is 2.79. The predicted octanol–water partition coefficient (Wildman–Crippen LogP) is 3.03. The van der Waals surface area contributed by atoms with Crippen molar-refractivity contribution in [3.63, 3.8) is 0 Å². The molecule has 1 aromatic rings. The molecule has 6 heteroatoms. The first kappa shape index (κ1) is 19.5. The van der Waals surface area contributed by atoms with Crippen LogP contribution in [0.1, 0.15) is 19.8 Å². The van der Waals surface area contributed by atoms with Crippen LogP contribution in [0.15, 0.2) is 54.3 Å². The van der Waals surface area contributed by atoms with Gasteiger partial charge in [-0.1, -0.05) is 37.3 Å². The Morgan fingerprint density at radius 3 is 2.61 bits per heavy atom. The maximum Gasteiger partial charge on any atom is 0.229 e. The van der Waals surface area contributed by atoms with Gasteiger partial charge >= 0.3 is 0 Å². The minimum absolute atomic E-state index is 0.298. The van der Waals surface area contributed by atoms with Crippen molar-refractivity contribution in [3.05, 3.63) is 54.3 Å². The second kappa shape index (κ2) is 7.56. The molecule has 3 atom stereocenters. The molecule has 28 heavy (non-hydrogen) atoms. The van der Waals surface area contributed by atoms with E-state index in [1.807, 2.05) is 42.5 Å². The maximum absolute atomic E-state index is 11.5. The smallest absolute Gasteiger partial charge is 0.229 e. The van der Waals surface area contributed by atoms with Gasteiger partial charge in [-0.05, 0) is 54.2 Å². The van der Waals surface area contributed by atoms with Crippen molar-refractivity contribution in [2.45, 2.75) is 19.8 Å². The van der Waals surface area contributed by atoms with Gasteiger partial charge in [0.05, 0.1) is 12.9 Å². The number of para-hydroxylation sites is 1. The van der Waals surface area contributed by atoms with Gasteiger partial charge in [0.25, 0.3) is 0 Å². The van der Waals surface area contributed by atoms with Crippen LogP contribution < -0.4 is 9.46 Å². The van der Waals surface area contributed by atoms with Gasteiger partial charge in [0.1, 0.15) is 5.75 Å². The number of fused-ring (bicyclic) bond motifs is 1. The van der Waals surface area contributed by atoms with E-state index in [4.69, 9.17) is 4.74 Å². The topological polar surface area (TPSA) is 58.6 Å². The van der Waals surface area contributed by atoms with E-state index in [0.717, 1.165) is 62.4 Å². The number of allylic oxidation sites excluding steroid dienone is 4. The van der Waals surface area contributed by atoms with Crippen LogP contribution in [0.5, 0.6) is 5.75 Å². The number of piperidine rings is 1. The molecule has 1 aliphatic heterocycles. The summed E-state index contributed by atoms with van der Waals surface area (Å²) in [5, 5.41) is 0. The number of ether oxygens (including phenoxy) is 1. The molecule has 152 valence electrons. The lowest BCUT2D eigenvalue weighted by molar-refractivity contribution is 0.200. The SMILES string of the molecule is CC1(C2C=CC=C(NS(C)(=O)=O)C2)C2CN(CCCOc3ccccc3)CC21. The molecule has 5 nitrogen and oxygen atoms in total. The number of benzene rings is 1. The Morgan fingerprint density at radius 1 is 1.21 bits per heavy atom. The highest BCUT2D eigenvalue weighted by Gasteiger charge is 2.67. The van der Waals surface area contributed by atoms with Crippen molar-refractivity contribution in [3.8, 4) is 5.75 Å². The predicted molar refractivity (Wildman–Crippen MR) is 111 cm³/mol. The molecule has 4 rings (SSSR count). The van der Waals surface area contributed by atoms with Crippen molar-refractivity contribution in [2.24, 2.45) is 23.2 Å². The summed E-state index contributed by atoms with van der Waals surface area (Å²) in [5.41, 5.74) is 1.11. The van der Waals surface area contributed by atoms with Crippen molar-refractivity contribution in [2.75, 3.05) is 32.5 Å². The van der Waals surface area contributed by atoms with Crippen LogP contribution in [0.3, 0.4) is 0 Å². The number of nitrogens with one attached hydrogen (secondary N) is 1. The number of sulfonamides is 1. The number of hydrogen-bond donors (Lipinski definition) is 1. The summed E-state index contributed by atoms with van der Waals surface area (Å²) >= 11 is 0. The summed E-state index contributed by atoms with van der Waals surface area (Å²) in [6.07, 6.45) is 9.22. The van der Waals surface area contributed by atoms with Crippen LogP contribution in [-0.2, 0) is 10.0 Å². The Morgan fingerprint density at radius 2 is 1.93 bits per heavy atom. The molecule has 0 amide bonds. The zero-order valence-corrected chi connectivity index (χ0v) is 17.5. The second-order valence-electron chi connectivity index (χ2n) is 8.62. The summed E-state index contributed by atoms with van der Waals surface area (Å²) in [4.78, 5) is 2.56. The first-order valence-electron chi connectivity index (χ1n) is 10.1. The largest absolute Gasteiger partial charge is 0.494 e. The fraction of sp³-hybridized carbons (Fsp3) is 0.545. The highest BCUT2D eigenvalue weighted by Crippen LogP contribution is 2.67. The lowest BCUT2D eigenvalue weighted by Gasteiger charge is -2.31. The van der Waals surface area contributed by atoms with E-state index in [9.17, 15) is 8.42 Å². The number of nitrogens with zero attached hydrogens (tertiary/aromatic N) is 1. The number of likely N-dealkylation sites (tertiary alicyclic amines) is 1. The van der Waals surface area contributed by atoms with Crippen LogP contribution in [0.2, 0.25) is 0 Å². The maximum atomic E-state index is 11.5. The molecular weight excluding hydrogens is 372 g/mol. The van der Waals surface area contributed by atoms with E-state index in [0.29, 0.717) is 11.3 Å². The summed E-state index contributed by atoms with van der Waals surface area (Å²) < 4.78 is 31.5. The molecule has 1 saturated heterocycles. The third kappa shape index (κ3) is 4.13. The fourth-order valence-corrected chi connectivity index (χ4v) is 5.78. The Balaban J connectivity index is 1.22. The zero-order valence-electron chi connectivity index (χ0n) is 16.7. The molecule has 3 aliphatic rings. The van der Waals surface area contributed by atoms with E-state index in [-0.39, 0.29) is 0 Å². The molecular formula is C22H30N2O3S. The Kier molecular flexibility index (Phi) is 5.27. The van der Waals surface area contributed by atoms with Crippen LogP contribution in [-0.4, -0.2) is 45.8 Å². The molecule has 1 heterocycles. The van der Waals surface area contributed by atoms with E-state index < -0.39 is 10.0 Å². The van der Waals surface area contributed by atoms with Gasteiger partial charge in [-0.3, -0.25) is 4.72 Å². The van der Waals surface area contributed by atoms with Crippen molar-refractivity contribution < 1.29 is 13.2 Å². The molecule has 0 bridgehead atoms. The third-order valence-electron chi connectivity index (χ3n) is 6.71. The van der Waals surface area contributed by atoms with Gasteiger partial charge in [-0.2, -0.15) is 0 Å². The first-order chi connectivity index (χ1) is 13.4. The van der Waals surface area contributed by atoms with Crippen LogP contribution >= 0.6 is 0 Å². The molecule has 3 unspecified atom stereocenters. The minimum atomic E-state index is -3.20. The van der Waals surface area contributed by atoms with Gasteiger partial charge < -0.3 is 9.64 Å². The number of rotatable bonds is 8. The highest BCUT2D eigenvalue weighted by molar-refractivity contribution is 7.88. The van der Waals surface area contributed by atoms with Gasteiger partial charge in [-0.25, -0.2) is 8.42 Å². The lowest BCUT2D eigenvalue weighted by Crippen LogP contribution is -2.33. The molecule has 2 fully saturated rings. The van der Waals surface area contributed by atoms with Gasteiger partial charge in [0.2, 0.25) is 10.0 Å². The minimum Gasteiger partial charge on any atom is -0.494 e. The van der Waals surface area contributed by atoms with Gasteiger partial charge in [0.15, 0.2) is 0 Å². The Bertz CT molecular complexity index is 851. The van der Waals surface area contributed by atoms with Crippen molar-refractivity contribution >= 4 is 10.0 Å². The Labute approximate surface area is 168 Å². The standard InChI is InChI=1S/C22H30N2O3S/c1-22(17-8-6-9-18(14-17)23-28(2,25)26)20-15-24(16-21(20)22)12-7-13-27-19-10-4-3-5-11-19/h3-6,8-11,17,20-21,23H,7,12-16H2,1-2H3. The molecule has 0 aromatic heterocycles. The molecule has 0 spiro atoms. The van der Waals surface area contributed by atoms with E-state index in [1.54, 1.807) is 0 Å². The highest BCUT2D eigenvalue weighted by atomic mass is 32.2. The van der Waals surface area contributed by atoms with Gasteiger partial charge in [-0.15, -0.1) is 0 Å². The molecule has 1 saturated carbocycles. The van der Waals surface area contributed by atoms with Gasteiger partial charge in [0, 0.05) is 25.3 Å². The molecule has 2 aliphatic carbocycles. The van der Waals surface area contributed by atoms with Crippen LogP contribution in [0.4, 0.5) is 0 Å². The quantitative estimate of drug-likeness (QED) is 0.679. The summed E-state index contributed by atoms with van der Waals surface area (Å²) in [6, 6.07) is 9.98. The summed E-state index contributed by atoms with van der Waals surface area (Å²) in [7, 11) is -3.20. The normalized spacial score (nSPS) is 31.9. The van der Waals surface area contributed by atoms with Crippen LogP contribution in [0.25, 0.3) is 0 Å². The summed E-state index contributed by atoms with van der Waals surface area (Å²) in [6.45, 7) is 6.52. The molecule has 1 aromatic carbocycles. The van der Waals surface area contributed by atoms with E-state index in [2.05, 4.69) is 22.6 Å². The average molecular weight is 403 g/mol. The zero-order chi connectivity index (χ0) is 19.8. The first-order valence-corrected chi connectivity index (χ1v) is 12.0. The monoisotopic (exact) mass is 402 g/mol. The molecule has 1 N–H and O–H groups in total. The fourth-order valence-electron chi connectivity index (χ4n) is 5.15. The van der Waals surface area contributed by atoms with E-state index in [1.165, 1.54) is 6.26 Å². The van der Waals surface area contributed by atoms with Crippen molar-refractivity contribution in [1.82, 2.24) is 9.62 Å². The third-order valence-corrected chi connectivity index (χ3v) is 7.34. The van der Waals surface area contributed by atoms with E-state index >= 15 is 0 Å². The average Bonchev–Trinajstić information content (AvgIpc) is 3.01. The van der Waals surface area contributed by atoms with Crippen LogP contribution in [0, 0.1) is 23.2 Å². The number of hydrogen-bond acceptors (Lipinski definition) is 4. The Hall–Kier alpha value is -1.79. The lowest BCUT2D eigenvalue weighted by atomic mass is 9.80. The molecule has 0 radical (unpaired) electrons. The van der Waals surface area contributed by atoms with Crippen molar-refractivity contribution in [1.29, 1.82) is 0 Å². The second-order valence-corrected chi connectivity index (χ2v) is 10.4.